The number of nitrogens with zero attached hydrogens (tertiary/aromatic N) is 7. The minimum atomic E-state index is 0.439. The molecule has 8 heteroatoms. The smallest absolute Gasteiger partial charge is 0.158 e. The molecular formula is C28H40N8. The number of nitrogens with one attached hydrogen (secondary N) is 1. The molecule has 4 heterocycles. The molecule has 0 spiro atoms. The highest BCUT2D eigenvalue weighted by atomic mass is 15.3. The fourth-order valence-electron chi connectivity index (χ4n) is 7.64. The van der Waals surface area contributed by atoms with Gasteiger partial charge in [-0.25, -0.2) is 9.97 Å². The van der Waals surface area contributed by atoms with E-state index in [0.717, 1.165) is 60.5 Å². The molecule has 0 amide bonds. The second kappa shape index (κ2) is 8.01. The standard InChI is InChI=1S/C28H40N8/c1-18-22-16-35(26-25-24(29-20(3)30-26)19(2)32-34(25)4)15-8-23(22)36(33-18)17-27-9-12-28(13-10-27,14-11-27)31-21-6-5-7-21/h21,31H,5-17H2,1-4H3. The van der Waals surface area contributed by atoms with Crippen LogP contribution in [0.5, 0.6) is 0 Å². The fraction of sp³-hybridized carbons (Fsp3) is 0.714. The van der Waals surface area contributed by atoms with E-state index in [2.05, 4.69) is 31.9 Å². The summed E-state index contributed by atoms with van der Waals surface area (Å²) < 4.78 is 4.35. The number of hydrogen-bond acceptors (Lipinski definition) is 6. The van der Waals surface area contributed by atoms with Gasteiger partial charge in [-0.3, -0.25) is 9.36 Å². The van der Waals surface area contributed by atoms with Crippen molar-refractivity contribution in [3.8, 4) is 0 Å². The zero-order chi connectivity index (χ0) is 24.7. The van der Waals surface area contributed by atoms with E-state index in [1.54, 1.807) is 0 Å². The molecule has 1 aliphatic heterocycles. The van der Waals surface area contributed by atoms with Crippen molar-refractivity contribution in [2.45, 2.75) is 110 Å². The molecule has 0 unspecified atom stereocenters. The summed E-state index contributed by atoms with van der Waals surface area (Å²) in [4.78, 5) is 12.0. The summed E-state index contributed by atoms with van der Waals surface area (Å²) in [5.41, 5.74) is 7.88. The lowest BCUT2D eigenvalue weighted by Crippen LogP contribution is -2.59. The van der Waals surface area contributed by atoms with E-state index in [1.807, 2.05) is 25.6 Å². The summed E-state index contributed by atoms with van der Waals surface area (Å²) in [5.74, 6) is 1.82. The molecule has 8 nitrogen and oxygen atoms in total. The summed E-state index contributed by atoms with van der Waals surface area (Å²) in [7, 11) is 2.00. The van der Waals surface area contributed by atoms with Crippen LogP contribution in [0.4, 0.5) is 5.82 Å². The summed E-state index contributed by atoms with van der Waals surface area (Å²) in [6.07, 6.45) is 13.3. The minimum Gasteiger partial charge on any atom is -0.350 e. The van der Waals surface area contributed by atoms with Crippen LogP contribution in [0.1, 0.15) is 86.3 Å². The fourth-order valence-corrected chi connectivity index (χ4v) is 7.64. The van der Waals surface area contributed by atoms with Gasteiger partial charge in [-0.1, -0.05) is 6.42 Å². The summed E-state index contributed by atoms with van der Waals surface area (Å²) in [6, 6.07) is 0.800. The van der Waals surface area contributed by atoms with Gasteiger partial charge in [0, 0.05) is 55.9 Å². The molecule has 3 aromatic rings. The number of fused-ring (bicyclic) bond motifs is 5. The van der Waals surface area contributed by atoms with E-state index in [0.29, 0.717) is 11.0 Å². The molecule has 3 aromatic heterocycles. The Kier molecular flexibility index (Phi) is 5.05. The van der Waals surface area contributed by atoms with Gasteiger partial charge in [0.15, 0.2) is 5.82 Å². The first kappa shape index (κ1) is 22.7. The van der Waals surface area contributed by atoms with Gasteiger partial charge < -0.3 is 10.2 Å². The van der Waals surface area contributed by atoms with Crippen molar-refractivity contribution in [3.05, 3.63) is 28.5 Å². The molecule has 0 radical (unpaired) electrons. The van der Waals surface area contributed by atoms with Crippen LogP contribution in [0, 0.1) is 26.2 Å². The van der Waals surface area contributed by atoms with Crippen molar-refractivity contribution in [3.63, 3.8) is 0 Å². The molecule has 4 aliphatic carbocycles. The summed E-state index contributed by atoms with van der Waals surface area (Å²) in [5, 5.41) is 13.9. The highest BCUT2D eigenvalue weighted by Crippen LogP contribution is 2.54. The second-order valence-electron chi connectivity index (χ2n) is 12.4. The number of aromatic nitrogens is 6. The van der Waals surface area contributed by atoms with E-state index in [4.69, 9.17) is 10.1 Å². The van der Waals surface area contributed by atoms with Crippen molar-refractivity contribution in [1.82, 2.24) is 34.8 Å². The Morgan fingerprint density at radius 2 is 1.69 bits per heavy atom. The molecule has 5 aliphatic rings. The van der Waals surface area contributed by atoms with Crippen LogP contribution in [0.2, 0.25) is 0 Å². The van der Waals surface area contributed by atoms with E-state index < -0.39 is 0 Å². The maximum Gasteiger partial charge on any atom is 0.158 e. The van der Waals surface area contributed by atoms with Crippen LogP contribution in [0.25, 0.3) is 11.0 Å². The maximum absolute atomic E-state index is 5.14. The van der Waals surface area contributed by atoms with E-state index in [-0.39, 0.29) is 0 Å². The largest absolute Gasteiger partial charge is 0.350 e. The molecule has 1 N–H and O–H groups in total. The monoisotopic (exact) mass is 488 g/mol. The van der Waals surface area contributed by atoms with Crippen molar-refractivity contribution in [1.29, 1.82) is 0 Å². The van der Waals surface area contributed by atoms with Crippen LogP contribution in [0.15, 0.2) is 0 Å². The first-order valence-corrected chi connectivity index (χ1v) is 14.1. The van der Waals surface area contributed by atoms with Crippen molar-refractivity contribution >= 4 is 16.9 Å². The van der Waals surface area contributed by atoms with Gasteiger partial charge >= 0.3 is 0 Å². The van der Waals surface area contributed by atoms with Crippen LogP contribution < -0.4 is 10.2 Å². The Hall–Kier alpha value is -2.48. The van der Waals surface area contributed by atoms with Gasteiger partial charge in [-0.15, -0.1) is 0 Å². The number of rotatable bonds is 5. The van der Waals surface area contributed by atoms with Gasteiger partial charge in [-0.2, -0.15) is 10.2 Å². The second-order valence-corrected chi connectivity index (χ2v) is 12.4. The van der Waals surface area contributed by atoms with E-state index in [1.165, 1.54) is 74.7 Å². The molecule has 2 bridgehead atoms. The van der Waals surface area contributed by atoms with Crippen molar-refractivity contribution < 1.29 is 0 Å². The van der Waals surface area contributed by atoms with Gasteiger partial charge in [0.25, 0.3) is 0 Å². The predicted molar refractivity (Wildman–Crippen MR) is 141 cm³/mol. The first-order valence-electron chi connectivity index (χ1n) is 14.1. The van der Waals surface area contributed by atoms with Crippen LogP contribution in [-0.4, -0.2) is 47.7 Å². The SMILES string of the molecule is Cc1nc(N2CCc3c(c(C)nn3CC34CCC(NC5CCC5)(CC3)CC4)C2)c2c(n1)c(C)nn2C. The number of aryl methyl sites for hydroxylation is 4. The van der Waals surface area contributed by atoms with Crippen molar-refractivity contribution in [2.24, 2.45) is 12.5 Å². The third-order valence-corrected chi connectivity index (χ3v) is 10.1. The normalized spacial score (nSPS) is 28.1. The van der Waals surface area contributed by atoms with Crippen LogP contribution >= 0.6 is 0 Å². The van der Waals surface area contributed by atoms with Crippen LogP contribution in [-0.2, 0) is 26.6 Å². The van der Waals surface area contributed by atoms with Crippen LogP contribution in [0.3, 0.4) is 0 Å². The average molecular weight is 489 g/mol. The third-order valence-electron chi connectivity index (χ3n) is 10.1. The lowest BCUT2D eigenvalue weighted by Gasteiger charge is -2.55. The lowest BCUT2D eigenvalue weighted by molar-refractivity contribution is -0.00329. The Bertz CT molecular complexity index is 1300. The Morgan fingerprint density at radius 3 is 2.39 bits per heavy atom. The zero-order valence-electron chi connectivity index (χ0n) is 22.4. The number of anilines is 1. The minimum absolute atomic E-state index is 0.439. The predicted octanol–water partition coefficient (Wildman–Crippen LogP) is 4.28. The molecule has 0 atom stereocenters. The van der Waals surface area contributed by atoms with E-state index >= 15 is 0 Å². The molecular weight excluding hydrogens is 448 g/mol. The Balaban J connectivity index is 1.12. The molecule has 36 heavy (non-hydrogen) atoms. The summed E-state index contributed by atoms with van der Waals surface area (Å²) in [6.45, 7) is 9.12. The Labute approximate surface area is 213 Å². The van der Waals surface area contributed by atoms with Gasteiger partial charge in [-0.05, 0) is 77.6 Å². The topological polar surface area (TPSA) is 76.7 Å². The molecule has 8 rings (SSSR count). The highest BCUT2D eigenvalue weighted by molar-refractivity contribution is 5.88. The third kappa shape index (κ3) is 3.51. The van der Waals surface area contributed by atoms with Gasteiger partial charge in [0.05, 0.1) is 11.4 Å². The van der Waals surface area contributed by atoms with Gasteiger partial charge in [0.1, 0.15) is 16.9 Å². The summed E-state index contributed by atoms with van der Waals surface area (Å²) >= 11 is 0. The van der Waals surface area contributed by atoms with Gasteiger partial charge in [0.2, 0.25) is 0 Å². The number of hydrogen-bond donors (Lipinski definition) is 1. The lowest BCUT2D eigenvalue weighted by atomic mass is 9.57. The highest BCUT2D eigenvalue weighted by Gasteiger charge is 2.50. The molecule has 4 saturated carbocycles. The maximum atomic E-state index is 5.14. The Morgan fingerprint density at radius 1 is 0.944 bits per heavy atom. The molecule has 192 valence electrons. The molecule has 0 saturated heterocycles. The average Bonchev–Trinajstić information content (AvgIpc) is 3.31. The molecule has 0 aromatic carbocycles. The van der Waals surface area contributed by atoms with E-state index in [9.17, 15) is 0 Å². The first-order chi connectivity index (χ1) is 17.3. The quantitative estimate of drug-likeness (QED) is 0.578. The molecule has 4 fully saturated rings. The van der Waals surface area contributed by atoms with Crippen molar-refractivity contribution in [2.75, 3.05) is 11.4 Å². The zero-order valence-corrected chi connectivity index (χ0v) is 22.4.